The molecule has 0 amide bonds. The second kappa shape index (κ2) is 3.80. The molecule has 2 rings (SSSR count). The fourth-order valence-corrected chi connectivity index (χ4v) is 1.05. The van der Waals surface area contributed by atoms with Crippen molar-refractivity contribution in [3.8, 4) is 11.4 Å². The molecule has 0 aliphatic rings. The van der Waals surface area contributed by atoms with Gasteiger partial charge in [0.1, 0.15) is 5.69 Å². The first-order chi connectivity index (χ1) is 6.90. The van der Waals surface area contributed by atoms with Gasteiger partial charge in [0.2, 0.25) is 0 Å². The van der Waals surface area contributed by atoms with E-state index in [9.17, 15) is 0 Å². The van der Waals surface area contributed by atoms with Crippen molar-refractivity contribution >= 4 is 5.82 Å². The van der Waals surface area contributed by atoms with Crippen molar-refractivity contribution in [3.05, 3.63) is 36.8 Å². The number of hydrazine groups is 1. The Balaban J connectivity index is 2.34. The molecule has 3 N–H and O–H groups in total. The van der Waals surface area contributed by atoms with Gasteiger partial charge in [0, 0.05) is 6.20 Å². The monoisotopic (exact) mass is 187 g/mol. The number of rotatable bonds is 2. The van der Waals surface area contributed by atoms with E-state index < -0.39 is 0 Å². The van der Waals surface area contributed by atoms with Crippen LogP contribution in [0.5, 0.6) is 0 Å². The Kier molecular flexibility index (Phi) is 2.33. The van der Waals surface area contributed by atoms with E-state index in [0.717, 1.165) is 11.4 Å². The molecule has 70 valence electrons. The Labute approximate surface area is 81.0 Å². The second-order valence-corrected chi connectivity index (χ2v) is 2.65. The predicted molar refractivity (Wildman–Crippen MR) is 53.1 cm³/mol. The largest absolute Gasteiger partial charge is 0.307 e. The first-order valence-electron chi connectivity index (χ1n) is 4.10. The van der Waals surface area contributed by atoms with E-state index in [1.165, 1.54) is 0 Å². The molecule has 0 fully saturated rings. The van der Waals surface area contributed by atoms with Crippen LogP contribution in [0.4, 0.5) is 5.82 Å². The van der Waals surface area contributed by atoms with Gasteiger partial charge in [-0.1, -0.05) is 6.07 Å². The zero-order chi connectivity index (χ0) is 9.80. The zero-order valence-corrected chi connectivity index (χ0v) is 7.38. The molecule has 5 nitrogen and oxygen atoms in total. The number of nitrogens with one attached hydrogen (secondary N) is 1. The van der Waals surface area contributed by atoms with Crippen LogP contribution in [0, 0.1) is 0 Å². The average molecular weight is 187 g/mol. The van der Waals surface area contributed by atoms with Crippen molar-refractivity contribution in [2.24, 2.45) is 5.84 Å². The maximum Gasteiger partial charge on any atom is 0.158 e. The molecule has 0 spiro atoms. The highest BCUT2D eigenvalue weighted by Gasteiger charge is 1.99. The van der Waals surface area contributed by atoms with Crippen LogP contribution in [0.3, 0.4) is 0 Å². The summed E-state index contributed by atoms with van der Waals surface area (Å²) in [6.45, 7) is 0. The molecule has 0 saturated carbocycles. The summed E-state index contributed by atoms with van der Waals surface area (Å²) in [5.41, 5.74) is 3.93. The van der Waals surface area contributed by atoms with E-state index in [1.54, 1.807) is 18.6 Å². The number of anilines is 1. The lowest BCUT2D eigenvalue weighted by atomic mass is 10.3. The molecular weight excluding hydrogens is 178 g/mol. The second-order valence-electron chi connectivity index (χ2n) is 2.65. The summed E-state index contributed by atoms with van der Waals surface area (Å²) in [6, 6.07) is 5.63. The third-order valence-corrected chi connectivity index (χ3v) is 1.73. The lowest BCUT2D eigenvalue weighted by molar-refractivity contribution is 1.14. The van der Waals surface area contributed by atoms with Crippen LogP contribution in [0.15, 0.2) is 36.8 Å². The number of nitrogen functional groups attached to an aromatic ring is 1. The third kappa shape index (κ3) is 1.67. The summed E-state index contributed by atoms with van der Waals surface area (Å²) in [7, 11) is 0. The van der Waals surface area contributed by atoms with Gasteiger partial charge in [-0.25, -0.2) is 15.8 Å². The van der Waals surface area contributed by atoms with Gasteiger partial charge in [0.05, 0.1) is 18.1 Å². The predicted octanol–water partition coefficient (Wildman–Crippen LogP) is 0.824. The highest BCUT2D eigenvalue weighted by Crippen LogP contribution is 2.12. The normalized spacial score (nSPS) is 9.79. The van der Waals surface area contributed by atoms with Gasteiger partial charge >= 0.3 is 0 Å². The molecule has 0 aliphatic carbocycles. The quantitative estimate of drug-likeness (QED) is 0.537. The average Bonchev–Trinajstić information content (AvgIpc) is 2.30. The van der Waals surface area contributed by atoms with E-state index in [0.29, 0.717) is 5.82 Å². The standard InChI is InChI=1S/C9H9N5/c10-14-9-6-12-8(5-13-9)7-3-1-2-4-11-7/h1-6H,10H2,(H,13,14). The van der Waals surface area contributed by atoms with Gasteiger partial charge in [-0.15, -0.1) is 0 Å². The number of pyridine rings is 1. The van der Waals surface area contributed by atoms with Crippen LogP contribution >= 0.6 is 0 Å². The van der Waals surface area contributed by atoms with Gasteiger partial charge < -0.3 is 5.43 Å². The smallest absolute Gasteiger partial charge is 0.158 e. The SMILES string of the molecule is NNc1cnc(-c2ccccn2)cn1. The van der Waals surface area contributed by atoms with Crippen molar-refractivity contribution in [3.63, 3.8) is 0 Å². The Bertz CT molecular complexity index is 397. The van der Waals surface area contributed by atoms with Crippen molar-refractivity contribution in [2.45, 2.75) is 0 Å². The molecule has 0 aromatic carbocycles. The third-order valence-electron chi connectivity index (χ3n) is 1.73. The minimum absolute atomic E-state index is 0.532. The topological polar surface area (TPSA) is 76.7 Å². The molecule has 2 aromatic rings. The Morgan fingerprint density at radius 2 is 1.93 bits per heavy atom. The fourth-order valence-electron chi connectivity index (χ4n) is 1.05. The summed E-state index contributed by atoms with van der Waals surface area (Å²) >= 11 is 0. The van der Waals surface area contributed by atoms with Gasteiger partial charge in [-0.3, -0.25) is 4.98 Å². The number of nitrogens with two attached hydrogens (primary N) is 1. The molecule has 0 radical (unpaired) electrons. The lowest BCUT2D eigenvalue weighted by Crippen LogP contribution is -2.08. The van der Waals surface area contributed by atoms with Crippen LogP contribution in [-0.4, -0.2) is 15.0 Å². The maximum absolute atomic E-state index is 5.17. The van der Waals surface area contributed by atoms with E-state index in [-0.39, 0.29) is 0 Å². The van der Waals surface area contributed by atoms with Crippen LogP contribution in [0.25, 0.3) is 11.4 Å². The molecule has 0 aliphatic heterocycles. The van der Waals surface area contributed by atoms with Crippen molar-refractivity contribution < 1.29 is 0 Å². The van der Waals surface area contributed by atoms with Gasteiger partial charge in [0.25, 0.3) is 0 Å². The van der Waals surface area contributed by atoms with Gasteiger partial charge in [-0.2, -0.15) is 0 Å². The van der Waals surface area contributed by atoms with E-state index in [1.807, 2.05) is 18.2 Å². The maximum atomic E-state index is 5.17. The summed E-state index contributed by atoms with van der Waals surface area (Å²) in [5.74, 6) is 5.70. The molecule has 2 heterocycles. The van der Waals surface area contributed by atoms with Crippen molar-refractivity contribution in [1.82, 2.24) is 15.0 Å². The van der Waals surface area contributed by atoms with E-state index in [2.05, 4.69) is 20.4 Å². The first-order valence-corrected chi connectivity index (χ1v) is 4.10. The highest BCUT2D eigenvalue weighted by atomic mass is 15.3. The minimum Gasteiger partial charge on any atom is -0.307 e. The molecule has 0 unspecified atom stereocenters. The molecule has 2 aromatic heterocycles. The molecule has 0 saturated heterocycles. The van der Waals surface area contributed by atoms with Crippen molar-refractivity contribution in [2.75, 3.05) is 5.43 Å². The Morgan fingerprint density at radius 1 is 1.00 bits per heavy atom. The molecule has 0 bridgehead atoms. The van der Waals surface area contributed by atoms with Gasteiger partial charge in [-0.05, 0) is 12.1 Å². The van der Waals surface area contributed by atoms with Crippen LogP contribution < -0.4 is 11.3 Å². The zero-order valence-electron chi connectivity index (χ0n) is 7.38. The van der Waals surface area contributed by atoms with Crippen molar-refractivity contribution in [1.29, 1.82) is 0 Å². The van der Waals surface area contributed by atoms with Gasteiger partial charge in [0.15, 0.2) is 5.82 Å². The van der Waals surface area contributed by atoms with E-state index in [4.69, 9.17) is 5.84 Å². The number of hydrogen-bond donors (Lipinski definition) is 2. The van der Waals surface area contributed by atoms with Crippen LogP contribution in [0.1, 0.15) is 0 Å². The number of nitrogens with zero attached hydrogens (tertiary/aromatic N) is 3. The molecule has 14 heavy (non-hydrogen) atoms. The highest BCUT2D eigenvalue weighted by molar-refractivity contribution is 5.53. The summed E-state index contributed by atoms with van der Waals surface area (Å²) in [4.78, 5) is 12.3. The Hall–Kier alpha value is -2.01. The number of hydrogen-bond acceptors (Lipinski definition) is 5. The molecule has 5 heteroatoms. The Morgan fingerprint density at radius 3 is 2.50 bits per heavy atom. The summed E-state index contributed by atoms with van der Waals surface area (Å²) < 4.78 is 0. The first kappa shape index (κ1) is 8.58. The lowest BCUT2D eigenvalue weighted by Gasteiger charge is -2.00. The minimum atomic E-state index is 0.532. The van der Waals surface area contributed by atoms with Crippen LogP contribution in [-0.2, 0) is 0 Å². The van der Waals surface area contributed by atoms with Crippen LogP contribution in [0.2, 0.25) is 0 Å². The summed E-state index contributed by atoms with van der Waals surface area (Å²) in [5, 5.41) is 0. The molecular formula is C9H9N5. The fraction of sp³-hybridized carbons (Fsp3) is 0. The van der Waals surface area contributed by atoms with E-state index >= 15 is 0 Å². The molecule has 0 atom stereocenters. The number of aromatic nitrogens is 3. The summed E-state index contributed by atoms with van der Waals surface area (Å²) in [6.07, 6.45) is 4.90.